The number of rotatable bonds is 2. The number of hydrogen-bond acceptors (Lipinski definition) is 2. The minimum absolute atomic E-state index is 0.200. The van der Waals surface area contributed by atoms with E-state index in [-0.39, 0.29) is 5.54 Å². The molecule has 0 saturated heterocycles. The third kappa shape index (κ3) is 1.88. The lowest BCUT2D eigenvalue weighted by Crippen LogP contribution is -2.51. The van der Waals surface area contributed by atoms with Crippen LogP contribution in [0.2, 0.25) is 0 Å². The number of fused-ring (bicyclic) bond motifs is 3. The van der Waals surface area contributed by atoms with Crippen LogP contribution in [0.3, 0.4) is 0 Å². The number of nitrogens with one attached hydrogen (secondary N) is 1. The predicted octanol–water partition coefficient (Wildman–Crippen LogP) is 3.55. The van der Waals surface area contributed by atoms with E-state index < -0.39 is 0 Å². The zero-order valence-corrected chi connectivity index (χ0v) is 12.4. The summed E-state index contributed by atoms with van der Waals surface area (Å²) in [5.74, 6) is 1.81. The first-order valence-electron chi connectivity index (χ1n) is 7.58. The fraction of sp³-hybridized carbons (Fsp3) is 0.647. The lowest BCUT2D eigenvalue weighted by Gasteiger charge is -2.49. The molecule has 2 nitrogen and oxygen atoms in total. The first kappa shape index (κ1) is 13.0. The fourth-order valence-corrected chi connectivity index (χ4v) is 4.40. The second-order valence-electron chi connectivity index (χ2n) is 6.17. The average Bonchev–Trinajstić information content (AvgIpc) is 2.46. The largest absolute Gasteiger partial charge is 0.497 e. The van der Waals surface area contributed by atoms with Crippen molar-refractivity contribution in [2.45, 2.75) is 51.0 Å². The van der Waals surface area contributed by atoms with Gasteiger partial charge in [0.05, 0.1) is 7.11 Å². The van der Waals surface area contributed by atoms with Crippen molar-refractivity contribution in [1.82, 2.24) is 5.32 Å². The molecule has 1 aromatic rings. The highest BCUT2D eigenvalue weighted by Gasteiger charge is 2.44. The van der Waals surface area contributed by atoms with Crippen LogP contribution in [-0.4, -0.2) is 14.2 Å². The van der Waals surface area contributed by atoms with Gasteiger partial charge in [0.2, 0.25) is 0 Å². The topological polar surface area (TPSA) is 21.3 Å². The van der Waals surface area contributed by atoms with E-state index in [1.165, 1.54) is 49.7 Å². The molecule has 0 spiro atoms. The van der Waals surface area contributed by atoms with Crippen molar-refractivity contribution in [1.29, 1.82) is 0 Å². The quantitative estimate of drug-likeness (QED) is 0.877. The molecule has 0 bridgehead atoms. The van der Waals surface area contributed by atoms with Crippen LogP contribution in [0.25, 0.3) is 0 Å². The fourth-order valence-electron chi connectivity index (χ4n) is 4.40. The van der Waals surface area contributed by atoms with E-state index >= 15 is 0 Å². The number of hydrogen-bond donors (Lipinski definition) is 1. The van der Waals surface area contributed by atoms with Crippen LogP contribution < -0.4 is 10.1 Å². The minimum Gasteiger partial charge on any atom is -0.497 e. The van der Waals surface area contributed by atoms with Crippen LogP contribution in [0.1, 0.15) is 48.8 Å². The number of benzene rings is 1. The Bertz CT molecular complexity index is 482. The molecule has 104 valence electrons. The van der Waals surface area contributed by atoms with Crippen molar-refractivity contribution >= 4 is 0 Å². The van der Waals surface area contributed by atoms with E-state index in [0.717, 1.165) is 11.7 Å². The van der Waals surface area contributed by atoms with Gasteiger partial charge >= 0.3 is 0 Å². The molecule has 2 heteroatoms. The van der Waals surface area contributed by atoms with Gasteiger partial charge in [-0.05, 0) is 74.4 Å². The highest BCUT2D eigenvalue weighted by Crippen LogP contribution is 2.49. The van der Waals surface area contributed by atoms with Crippen LogP contribution in [0.4, 0.5) is 0 Å². The average molecular weight is 259 g/mol. The van der Waals surface area contributed by atoms with Gasteiger partial charge in [-0.1, -0.05) is 12.8 Å². The zero-order chi connectivity index (χ0) is 13.5. The molecule has 0 aromatic heterocycles. The summed E-state index contributed by atoms with van der Waals surface area (Å²) in [6, 6.07) is 4.47. The Kier molecular flexibility index (Phi) is 3.30. The SMILES string of the molecule is CN[C@]12CCCC[C@H]1CCc1c(C)cc(OC)cc12. The van der Waals surface area contributed by atoms with Gasteiger partial charge in [0, 0.05) is 5.54 Å². The van der Waals surface area contributed by atoms with Crippen LogP contribution in [-0.2, 0) is 12.0 Å². The van der Waals surface area contributed by atoms with E-state index in [4.69, 9.17) is 4.74 Å². The molecule has 2 aliphatic carbocycles. The molecule has 3 rings (SSSR count). The third-order valence-corrected chi connectivity index (χ3v) is 5.42. The summed E-state index contributed by atoms with van der Waals surface area (Å²) in [6.07, 6.45) is 7.95. The molecule has 2 aliphatic rings. The van der Waals surface area contributed by atoms with Gasteiger partial charge in [-0.25, -0.2) is 0 Å². The molecule has 0 amide bonds. The minimum atomic E-state index is 0.200. The maximum atomic E-state index is 5.50. The molecule has 2 atom stereocenters. The second-order valence-corrected chi connectivity index (χ2v) is 6.17. The first-order chi connectivity index (χ1) is 9.21. The van der Waals surface area contributed by atoms with Gasteiger partial charge in [0.15, 0.2) is 0 Å². The molecule has 1 N–H and O–H groups in total. The second kappa shape index (κ2) is 4.82. The smallest absolute Gasteiger partial charge is 0.119 e. The first-order valence-corrected chi connectivity index (χ1v) is 7.58. The normalized spacial score (nSPS) is 29.5. The summed E-state index contributed by atoms with van der Waals surface area (Å²) in [6.45, 7) is 2.23. The molecule has 19 heavy (non-hydrogen) atoms. The summed E-state index contributed by atoms with van der Waals surface area (Å²) < 4.78 is 5.50. The van der Waals surface area contributed by atoms with Crippen molar-refractivity contribution in [2.24, 2.45) is 5.92 Å². The van der Waals surface area contributed by atoms with E-state index in [1.807, 2.05) is 0 Å². The number of aryl methyl sites for hydroxylation is 1. The monoisotopic (exact) mass is 259 g/mol. The van der Waals surface area contributed by atoms with Crippen molar-refractivity contribution in [3.05, 3.63) is 28.8 Å². The van der Waals surface area contributed by atoms with Crippen molar-refractivity contribution in [2.75, 3.05) is 14.2 Å². The number of ether oxygens (including phenoxy) is 1. The predicted molar refractivity (Wildman–Crippen MR) is 78.7 cm³/mol. The van der Waals surface area contributed by atoms with Gasteiger partial charge in [-0.15, -0.1) is 0 Å². The Morgan fingerprint density at radius 1 is 1.26 bits per heavy atom. The summed E-state index contributed by atoms with van der Waals surface area (Å²) in [4.78, 5) is 0. The molecule has 0 unspecified atom stereocenters. The maximum Gasteiger partial charge on any atom is 0.119 e. The lowest BCUT2D eigenvalue weighted by molar-refractivity contribution is 0.129. The molecule has 1 aromatic carbocycles. The van der Waals surface area contributed by atoms with Gasteiger partial charge in [-0.3, -0.25) is 0 Å². The molecule has 0 radical (unpaired) electrons. The Labute approximate surface area is 116 Å². The standard InChI is InChI=1S/C17H25NO/c1-12-10-14(19-3)11-16-15(12)8-7-13-6-4-5-9-17(13,16)18-2/h10-11,13,18H,4-9H2,1-3H3/t13-,17+/m0/s1. The van der Waals surface area contributed by atoms with E-state index in [0.29, 0.717) is 0 Å². The Hall–Kier alpha value is -1.02. The van der Waals surface area contributed by atoms with Crippen molar-refractivity contribution in [3.63, 3.8) is 0 Å². The molecular formula is C17H25NO. The van der Waals surface area contributed by atoms with Gasteiger partial charge in [-0.2, -0.15) is 0 Å². The summed E-state index contributed by atoms with van der Waals surface area (Å²) in [7, 11) is 3.91. The zero-order valence-electron chi connectivity index (χ0n) is 12.4. The molecule has 0 aliphatic heterocycles. The summed E-state index contributed by atoms with van der Waals surface area (Å²) >= 11 is 0. The Morgan fingerprint density at radius 2 is 2.11 bits per heavy atom. The van der Waals surface area contributed by atoms with Crippen LogP contribution in [0.15, 0.2) is 12.1 Å². The van der Waals surface area contributed by atoms with Gasteiger partial charge in [0.1, 0.15) is 5.75 Å². The molecular weight excluding hydrogens is 234 g/mol. The number of methoxy groups -OCH3 is 1. The van der Waals surface area contributed by atoms with Crippen LogP contribution >= 0.6 is 0 Å². The van der Waals surface area contributed by atoms with E-state index in [1.54, 1.807) is 12.7 Å². The van der Waals surface area contributed by atoms with E-state index in [9.17, 15) is 0 Å². The van der Waals surface area contributed by atoms with Crippen LogP contribution in [0.5, 0.6) is 5.75 Å². The molecule has 1 fully saturated rings. The van der Waals surface area contributed by atoms with E-state index in [2.05, 4.69) is 31.4 Å². The Balaban J connectivity index is 2.16. The van der Waals surface area contributed by atoms with Crippen molar-refractivity contribution < 1.29 is 4.74 Å². The van der Waals surface area contributed by atoms with Crippen LogP contribution in [0, 0.1) is 12.8 Å². The lowest BCUT2D eigenvalue weighted by atomic mass is 9.62. The summed E-state index contributed by atoms with van der Waals surface area (Å²) in [5.41, 5.74) is 4.68. The highest BCUT2D eigenvalue weighted by molar-refractivity contribution is 5.47. The third-order valence-electron chi connectivity index (χ3n) is 5.42. The van der Waals surface area contributed by atoms with Crippen molar-refractivity contribution in [3.8, 4) is 5.75 Å². The maximum absolute atomic E-state index is 5.50. The van der Waals surface area contributed by atoms with Gasteiger partial charge < -0.3 is 10.1 Å². The molecule has 1 saturated carbocycles. The highest BCUT2D eigenvalue weighted by atomic mass is 16.5. The Morgan fingerprint density at radius 3 is 2.84 bits per heavy atom. The summed E-state index contributed by atoms with van der Waals surface area (Å²) in [5, 5.41) is 3.70. The van der Waals surface area contributed by atoms with Gasteiger partial charge in [0.25, 0.3) is 0 Å². The molecule has 0 heterocycles.